The molecule has 0 unspecified atom stereocenters. The lowest BCUT2D eigenvalue weighted by Crippen LogP contribution is -2.13. The molecule has 4 heteroatoms. The Balaban J connectivity index is 2.76. The zero-order chi connectivity index (χ0) is 13.4. The highest BCUT2D eigenvalue weighted by Crippen LogP contribution is 2.28. The van der Waals surface area contributed by atoms with Crippen molar-refractivity contribution in [3.63, 3.8) is 0 Å². The maximum atomic E-state index is 8.50. The van der Waals surface area contributed by atoms with Crippen LogP contribution in [-0.4, -0.2) is 13.2 Å². The first-order chi connectivity index (χ1) is 8.69. The first-order valence-electron chi connectivity index (χ1n) is 6.18. The van der Waals surface area contributed by atoms with Gasteiger partial charge in [-0.1, -0.05) is 22.9 Å². The van der Waals surface area contributed by atoms with Crippen molar-refractivity contribution in [2.75, 3.05) is 13.2 Å². The second-order valence-corrected chi connectivity index (χ2v) is 5.02. The summed E-state index contributed by atoms with van der Waals surface area (Å²) >= 11 is 3.51. The largest absolute Gasteiger partial charge is 0.493 e. The molecule has 1 rings (SSSR count). The number of halogens is 1. The van der Waals surface area contributed by atoms with Crippen LogP contribution in [0.1, 0.15) is 30.9 Å². The van der Waals surface area contributed by atoms with Crippen LogP contribution in [-0.2, 0) is 6.54 Å². The standard InChI is InChI=1S/C14H19BrN2O/c1-3-17-10-12-9-13(15)8-11(2)14(12)18-7-5-4-6-16/h8-9,17H,3-5,7,10H2,1-2H3. The number of rotatable bonds is 7. The number of benzene rings is 1. The minimum absolute atomic E-state index is 0.540. The number of hydrogen-bond donors (Lipinski definition) is 1. The fourth-order valence-electron chi connectivity index (χ4n) is 1.72. The van der Waals surface area contributed by atoms with E-state index in [2.05, 4.69) is 46.4 Å². The van der Waals surface area contributed by atoms with Crippen LogP contribution >= 0.6 is 15.9 Å². The van der Waals surface area contributed by atoms with Gasteiger partial charge in [-0.05, 0) is 37.6 Å². The van der Waals surface area contributed by atoms with Gasteiger partial charge in [0.1, 0.15) is 5.75 Å². The quantitative estimate of drug-likeness (QED) is 0.783. The molecule has 0 saturated carbocycles. The van der Waals surface area contributed by atoms with E-state index in [1.54, 1.807) is 0 Å². The number of nitrogens with one attached hydrogen (secondary N) is 1. The van der Waals surface area contributed by atoms with Gasteiger partial charge in [0, 0.05) is 23.0 Å². The van der Waals surface area contributed by atoms with Gasteiger partial charge in [0.25, 0.3) is 0 Å². The van der Waals surface area contributed by atoms with Gasteiger partial charge in [0.15, 0.2) is 0 Å². The summed E-state index contributed by atoms with van der Waals surface area (Å²) < 4.78 is 6.88. The number of aryl methyl sites for hydroxylation is 1. The Bertz CT molecular complexity index is 427. The molecule has 0 bridgehead atoms. The number of hydrogen-bond acceptors (Lipinski definition) is 3. The minimum atomic E-state index is 0.540. The third-order valence-corrected chi connectivity index (χ3v) is 3.02. The molecule has 0 fully saturated rings. The third-order valence-electron chi connectivity index (χ3n) is 2.56. The highest BCUT2D eigenvalue weighted by Gasteiger charge is 2.08. The Morgan fingerprint density at radius 2 is 2.22 bits per heavy atom. The average molecular weight is 311 g/mol. The van der Waals surface area contributed by atoms with Crippen LogP contribution < -0.4 is 10.1 Å². The first-order valence-corrected chi connectivity index (χ1v) is 6.97. The molecule has 1 N–H and O–H groups in total. The van der Waals surface area contributed by atoms with Crippen LogP contribution in [0.15, 0.2) is 16.6 Å². The SMILES string of the molecule is CCNCc1cc(Br)cc(C)c1OCCCC#N. The maximum Gasteiger partial charge on any atom is 0.126 e. The molecule has 0 aliphatic rings. The predicted molar refractivity (Wildman–Crippen MR) is 76.6 cm³/mol. The predicted octanol–water partition coefficient (Wildman–Crippen LogP) is 3.55. The molecule has 1 aromatic carbocycles. The van der Waals surface area contributed by atoms with Gasteiger partial charge in [-0.25, -0.2) is 0 Å². The number of nitriles is 1. The summed E-state index contributed by atoms with van der Waals surface area (Å²) in [5.41, 5.74) is 2.27. The van der Waals surface area contributed by atoms with Crippen LogP contribution in [0, 0.1) is 18.3 Å². The summed E-state index contributed by atoms with van der Waals surface area (Å²) in [6.45, 7) is 6.44. The smallest absolute Gasteiger partial charge is 0.126 e. The van der Waals surface area contributed by atoms with Crippen LogP contribution in [0.2, 0.25) is 0 Å². The van der Waals surface area contributed by atoms with Crippen molar-refractivity contribution >= 4 is 15.9 Å². The molecule has 0 amide bonds. The molecule has 0 aromatic heterocycles. The second kappa shape index (κ2) is 8.12. The third kappa shape index (κ3) is 4.67. The van der Waals surface area contributed by atoms with Crippen molar-refractivity contribution in [3.8, 4) is 11.8 Å². The van der Waals surface area contributed by atoms with E-state index in [-0.39, 0.29) is 0 Å². The first kappa shape index (κ1) is 15.0. The molecule has 0 spiro atoms. The van der Waals surface area contributed by atoms with Crippen molar-refractivity contribution in [2.24, 2.45) is 0 Å². The molecular formula is C14H19BrN2O. The van der Waals surface area contributed by atoms with Gasteiger partial charge in [-0.15, -0.1) is 0 Å². The van der Waals surface area contributed by atoms with Crippen molar-refractivity contribution in [1.29, 1.82) is 5.26 Å². The number of ether oxygens (including phenoxy) is 1. The van der Waals surface area contributed by atoms with Crippen molar-refractivity contribution in [3.05, 3.63) is 27.7 Å². The molecule has 0 aliphatic heterocycles. The monoisotopic (exact) mass is 310 g/mol. The van der Waals surface area contributed by atoms with E-state index in [4.69, 9.17) is 10.00 Å². The molecule has 1 aromatic rings. The summed E-state index contributed by atoms with van der Waals surface area (Å²) in [5.74, 6) is 0.942. The van der Waals surface area contributed by atoms with Gasteiger partial charge in [-0.3, -0.25) is 0 Å². The Kier molecular flexibility index (Phi) is 6.77. The molecular weight excluding hydrogens is 292 g/mol. The zero-order valence-corrected chi connectivity index (χ0v) is 12.5. The zero-order valence-electron chi connectivity index (χ0n) is 10.9. The summed E-state index contributed by atoms with van der Waals surface area (Å²) in [6.07, 6.45) is 1.31. The molecule has 0 heterocycles. The van der Waals surface area contributed by atoms with E-state index >= 15 is 0 Å². The van der Waals surface area contributed by atoms with Crippen LogP contribution in [0.4, 0.5) is 0 Å². The van der Waals surface area contributed by atoms with Crippen LogP contribution in [0.3, 0.4) is 0 Å². The molecule has 18 heavy (non-hydrogen) atoms. The fourth-order valence-corrected chi connectivity index (χ4v) is 2.34. The molecule has 98 valence electrons. The normalized spacial score (nSPS) is 10.1. The van der Waals surface area contributed by atoms with Crippen molar-refractivity contribution in [2.45, 2.75) is 33.2 Å². The van der Waals surface area contributed by atoms with Crippen LogP contribution in [0.25, 0.3) is 0 Å². The summed E-state index contributed by atoms with van der Waals surface area (Å²) in [6, 6.07) is 6.26. The van der Waals surface area contributed by atoms with E-state index in [1.807, 2.05) is 6.92 Å². The lowest BCUT2D eigenvalue weighted by atomic mass is 10.1. The second-order valence-electron chi connectivity index (χ2n) is 4.10. The molecule has 0 radical (unpaired) electrons. The highest BCUT2D eigenvalue weighted by atomic mass is 79.9. The molecule has 0 atom stereocenters. The molecule has 0 aliphatic carbocycles. The van der Waals surface area contributed by atoms with Crippen molar-refractivity contribution in [1.82, 2.24) is 5.32 Å². The van der Waals surface area contributed by atoms with Gasteiger partial charge in [-0.2, -0.15) is 5.26 Å². The summed E-state index contributed by atoms with van der Waals surface area (Å²) in [5, 5.41) is 11.8. The minimum Gasteiger partial charge on any atom is -0.493 e. The number of nitrogens with zero attached hydrogens (tertiary/aromatic N) is 1. The van der Waals surface area contributed by atoms with Crippen molar-refractivity contribution < 1.29 is 4.74 Å². The average Bonchev–Trinajstić information content (AvgIpc) is 2.34. The Morgan fingerprint density at radius 1 is 1.44 bits per heavy atom. The van der Waals surface area contributed by atoms with E-state index < -0.39 is 0 Å². The molecule has 3 nitrogen and oxygen atoms in total. The Hall–Kier alpha value is -1.05. The van der Waals surface area contributed by atoms with E-state index in [0.29, 0.717) is 13.0 Å². The van der Waals surface area contributed by atoms with E-state index in [0.717, 1.165) is 40.9 Å². The number of unbranched alkanes of at least 4 members (excludes halogenated alkanes) is 1. The van der Waals surface area contributed by atoms with Gasteiger partial charge in [0.05, 0.1) is 12.7 Å². The van der Waals surface area contributed by atoms with E-state index in [1.165, 1.54) is 0 Å². The maximum absolute atomic E-state index is 8.50. The lowest BCUT2D eigenvalue weighted by molar-refractivity contribution is 0.306. The highest BCUT2D eigenvalue weighted by molar-refractivity contribution is 9.10. The van der Waals surface area contributed by atoms with E-state index in [9.17, 15) is 0 Å². The fraction of sp³-hybridized carbons (Fsp3) is 0.500. The Labute approximate surface area is 117 Å². The molecule has 0 saturated heterocycles. The van der Waals surface area contributed by atoms with Gasteiger partial charge in [0.2, 0.25) is 0 Å². The summed E-state index contributed by atoms with van der Waals surface area (Å²) in [4.78, 5) is 0. The lowest BCUT2D eigenvalue weighted by Gasteiger charge is -2.15. The topological polar surface area (TPSA) is 45.0 Å². The summed E-state index contributed by atoms with van der Waals surface area (Å²) in [7, 11) is 0. The van der Waals surface area contributed by atoms with Gasteiger partial charge < -0.3 is 10.1 Å². The van der Waals surface area contributed by atoms with Gasteiger partial charge >= 0.3 is 0 Å². The van der Waals surface area contributed by atoms with Crippen LogP contribution in [0.5, 0.6) is 5.75 Å². The Morgan fingerprint density at radius 3 is 2.89 bits per heavy atom.